The first kappa shape index (κ1) is 23.7. The van der Waals surface area contributed by atoms with Gasteiger partial charge in [0.05, 0.1) is 34.9 Å². The van der Waals surface area contributed by atoms with Crippen LogP contribution in [0.5, 0.6) is 5.75 Å². The molecule has 0 N–H and O–H groups in total. The molecule has 0 spiro atoms. The molecule has 0 atom stereocenters. The van der Waals surface area contributed by atoms with Gasteiger partial charge in [0.1, 0.15) is 18.2 Å². The first-order valence-corrected chi connectivity index (χ1v) is 11.1. The lowest BCUT2D eigenvalue weighted by atomic mass is 10.1. The molecule has 3 aromatic rings. The van der Waals surface area contributed by atoms with Crippen LogP contribution in [0.15, 0.2) is 54.6 Å². The van der Waals surface area contributed by atoms with E-state index in [1.165, 1.54) is 24.3 Å². The van der Waals surface area contributed by atoms with Crippen LogP contribution in [0.2, 0.25) is 10.0 Å². The fourth-order valence-electron chi connectivity index (χ4n) is 3.64. The number of anilines is 1. The highest BCUT2D eigenvalue weighted by molar-refractivity contribution is 6.42. The molecule has 0 saturated carbocycles. The van der Waals surface area contributed by atoms with E-state index >= 15 is 0 Å². The molecule has 174 valence electrons. The number of halogens is 3. The van der Waals surface area contributed by atoms with Crippen molar-refractivity contribution in [3.05, 3.63) is 92.7 Å². The number of ether oxygens (including phenoxy) is 2. The summed E-state index contributed by atoms with van der Waals surface area (Å²) in [5.74, 6) is -2.74. The maximum Gasteiger partial charge on any atom is 0.310 e. The van der Waals surface area contributed by atoms with Crippen LogP contribution in [0.1, 0.15) is 38.8 Å². The van der Waals surface area contributed by atoms with Crippen molar-refractivity contribution in [3.63, 3.8) is 0 Å². The Morgan fingerprint density at radius 3 is 2.44 bits per heavy atom. The molecule has 0 saturated heterocycles. The molecule has 0 bridgehead atoms. The zero-order valence-corrected chi connectivity index (χ0v) is 19.5. The molecule has 9 heteroatoms. The van der Waals surface area contributed by atoms with E-state index in [-0.39, 0.29) is 47.2 Å². The standard InChI is InChI=1S/C25H18Cl2FNO5/c1-2-33-21(30)12-14-6-8-19(18(28)11-14)29-24(31)22-17(27)7-9-20(23(22)25(29)32)34-13-15-4-3-5-16(26)10-15/h3-11H,2,12-13H2,1H3. The van der Waals surface area contributed by atoms with Crippen molar-refractivity contribution in [3.8, 4) is 5.75 Å². The number of hydrogen-bond acceptors (Lipinski definition) is 5. The van der Waals surface area contributed by atoms with Crippen LogP contribution in [0.4, 0.5) is 10.1 Å². The average molecular weight is 502 g/mol. The molecule has 1 heterocycles. The quantitative estimate of drug-likeness (QED) is 0.310. The van der Waals surface area contributed by atoms with Crippen LogP contribution >= 0.6 is 23.2 Å². The van der Waals surface area contributed by atoms with Gasteiger partial charge in [-0.2, -0.15) is 0 Å². The summed E-state index contributed by atoms with van der Waals surface area (Å²) < 4.78 is 25.6. The second kappa shape index (κ2) is 9.83. The second-order valence-corrected chi connectivity index (χ2v) is 8.27. The molecule has 1 aliphatic rings. The third kappa shape index (κ3) is 4.62. The Balaban J connectivity index is 1.63. The summed E-state index contributed by atoms with van der Waals surface area (Å²) in [5.41, 5.74) is 0.739. The lowest BCUT2D eigenvalue weighted by Crippen LogP contribution is -2.30. The van der Waals surface area contributed by atoms with E-state index in [4.69, 9.17) is 32.7 Å². The number of carbonyl (C=O) groups excluding carboxylic acids is 3. The second-order valence-electron chi connectivity index (χ2n) is 7.43. The minimum Gasteiger partial charge on any atom is -0.488 e. The predicted molar refractivity (Wildman–Crippen MR) is 125 cm³/mol. The molecule has 0 fully saturated rings. The molecular weight excluding hydrogens is 484 g/mol. The van der Waals surface area contributed by atoms with E-state index in [0.717, 1.165) is 11.6 Å². The average Bonchev–Trinajstić information content (AvgIpc) is 3.05. The van der Waals surface area contributed by atoms with Gasteiger partial charge in [-0.3, -0.25) is 14.4 Å². The molecular formula is C25H18Cl2FNO5. The molecule has 2 amide bonds. The summed E-state index contributed by atoms with van der Waals surface area (Å²) in [6, 6.07) is 13.7. The number of carbonyl (C=O) groups is 3. The molecule has 3 aromatic carbocycles. The van der Waals surface area contributed by atoms with Crippen molar-refractivity contribution in [2.24, 2.45) is 0 Å². The van der Waals surface area contributed by atoms with Crippen LogP contribution in [0.3, 0.4) is 0 Å². The van der Waals surface area contributed by atoms with Gasteiger partial charge in [-0.05, 0) is 54.4 Å². The van der Waals surface area contributed by atoms with Gasteiger partial charge in [0.2, 0.25) is 0 Å². The summed E-state index contributed by atoms with van der Waals surface area (Å²) in [5, 5.41) is 0.576. The van der Waals surface area contributed by atoms with E-state index in [9.17, 15) is 18.8 Å². The predicted octanol–water partition coefficient (Wildman–Crippen LogP) is 5.62. The fraction of sp³-hybridized carbons (Fsp3) is 0.160. The molecule has 1 aliphatic heterocycles. The van der Waals surface area contributed by atoms with Crippen LogP contribution < -0.4 is 9.64 Å². The lowest BCUT2D eigenvalue weighted by molar-refractivity contribution is -0.142. The third-order valence-electron chi connectivity index (χ3n) is 5.14. The molecule has 4 rings (SSSR count). The lowest BCUT2D eigenvalue weighted by Gasteiger charge is -2.16. The van der Waals surface area contributed by atoms with Crippen molar-refractivity contribution in [1.29, 1.82) is 0 Å². The molecule has 0 unspecified atom stereocenters. The van der Waals surface area contributed by atoms with Gasteiger partial charge in [0.15, 0.2) is 0 Å². The number of esters is 1. The highest BCUT2D eigenvalue weighted by atomic mass is 35.5. The smallest absolute Gasteiger partial charge is 0.310 e. The first-order chi connectivity index (χ1) is 16.3. The van der Waals surface area contributed by atoms with E-state index in [1.54, 1.807) is 31.2 Å². The number of hydrogen-bond donors (Lipinski definition) is 0. The monoisotopic (exact) mass is 501 g/mol. The van der Waals surface area contributed by atoms with E-state index in [2.05, 4.69) is 0 Å². The Kier molecular flexibility index (Phi) is 6.86. The van der Waals surface area contributed by atoms with Gasteiger partial charge in [-0.1, -0.05) is 41.4 Å². The van der Waals surface area contributed by atoms with Crippen molar-refractivity contribution >= 4 is 46.7 Å². The molecule has 6 nitrogen and oxygen atoms in total. The number of benzene rings is 3. The normalized spacial score (nSPS) is 12.6. The van der Waals surface area contributed by atoms with Gasteiger partial charge < -0.3 is 9.47 Å². The third-order valence-corrected chi connectivity index (χ3v) is 5.69. The van der Waals surface area contributed by atoms with E-state index < -0.39 is 23.6 Å². The molecule has 0 aromatic heterocycles. The van der Waals surface area contributed by atoms with Gasteiger partial charge in [-0.25, -0.2) is 9.29 Å². The summed E-state index contributed by atoms with van der Waals surface area (Å²) in [4.78, 5) is 38.7. The van der Waals surface area contributed by atoms with Gasteiger partial charge in [0.25, 0.3) is 11.8 Å². The summed E-state index contributed by atoms with van der Waals surface area (Å²) >= 11 is 12.2. The minimum atomic E-state index is -0.839. The van der Waals surface area contributed by atoms with Crippen molar-refractivity contribution < 1.29 is 28.2 Å². The summed E-state index contributed by atoms with van der Waals surface area (Å²) in [6.07, 6.45) is -0.138. The van der Waals surface area contributed by atoms with Gasteiger partial charge in [-0.15, -0.1) is 0 Å². The maximum atomic E-state index is 14.9. The topological polar surface area (TPSA) is 72.9 Å². The van der Waals surface area contributed by atoms with Crippen molar-refractivity contribution in [1.82, 2.24) is 0 Å². The molecule has 0 radical (unpaired) electrons. The summed E-state index contributed by atoms with van der Waals surface area (Å²) in [6.45, 7) is 1.96. The van der Waals surface area contributed by atoms with E-state index in [0.29, 0.717) is 15.5 Å². The zero-order valence-electron chi connectivity index (χ0n) is 17.9. The van der Waals surface area contributed by atoms with Crippen LogP contribution in [0, 0.1) is 5.82 Å². The number of nitrogens with zero attached hydrogens (tertiary/aromatic N) is 1. The largest absolute Gasteiger partial charge is 0.488 e. The fourth-order valence-corrected chi connectivity index (χ4v) is 4.09. The zero-order chi connectivity index (χ0) is 24.4. The van der Waals surface area contributed by atoms with Crippen LogP contribution in [0.25, 0.3) is 0 Å². The van der Waals surface area contributed by atoms with Crippen molar-refractivity contribution in [2.75, 3.05) is 11.5 Å². The number of rotatable bonds is 7. The Morgan fingerprint density at radius 2 is 1.74 bits per heavy atom. The summed E-state index contributed by atoms with van der Waals surface area (Å²) in [7, 11) is 0. The number of imide groups is 1. The van der Waals surface area contributed by atoms with Gasteiger partial charge in [0, 0.05) is 5.02 Å². The first-order valence-electron chi connectivity index (χ1n) is 10.3. The number of amides is 2. The molecule has 34 heavy (non-hydrogen) atoms. The Bertz CT molecular complexity index is 1310. The Morgan fingerprint density at radius 1 is 0.971 bits per heavy atom. The van der Waals surface area contributed by atoms with Gasteiger partial charge >= 0.3 is 5.97 Å². The Hall–Kier alpha value is -3.42. The van der Waals surface area contributed by atoms with E-state index in [1.807, 2.05) is 0 Å². The SMILES string of the molecule is CCOC(=O)Cc1ccc(N2C(=O)c3c(Cl)ccc(OCc4cccc(Cl)c4)c3C2=O)c(F)c1. The Labute approximate surface area is 204 Å². The minimum absolute atomic E-state index is 0.0466. The van der Waals surface area contributed by atoms with Crippen molar-refractivity contribution in [2.45, 2.75) is 20.0 Å². The van der Waals surface area contributed by atoms with Crippen LogP contribution in [-0.4, -0.2) is 24.4 Å². The highest BCUT2D eigenvalue weighted by Gasteiger charge is 2.42. The maximum absolute atomic E-state index is 14.9. The number of fused-ring (bicyclic) bond motifs is 1. The molecule has 0 aliphatic carbocycles. The highest BCUT2D eigenvalue weighted by Crippen LogP contribution is 2.39. The van der Waals surface area contributed by atoms with Crippen LogP contribution in [-0.2, 0) is 22.6 Å².